The average Bonchev–Trinajstić information content (AvgIpc) is 2.42. The number of ether oxygens (including phenoxy) is 1. The molecule has 106 valence electrons. The molecule has 0 aliphatic heterocycles. The van der Waals surface area contributed by atoms with Gasteiger partial charge < -0.3 is 15.4 Å². The van der Waals surface area contributed by atoms with Gasteiger partial charge in [-0.25, -0.2) is 9.38 Å². The Morgan fingerprint density at radius 3 is 2.58 bits per heavy atom. The van der Waals surface area contributed by atoms with Crippen molar-refractivity contribution in [3.63, 3.8) is 0 Å². The molecule has 0 saturated heterocycles. The van der Waals surface area contributed by atoms with E-state index in [1.807, 2.05) is 13.8 Å². The zero-order chi connectivity index (χ0) is 13.9. The number of nitrogens with zero attached hydrogens (tertiary/aromatic N) is 1. The molecular formula is C14H22FN3O. The SMILES string of the molecule is CCNC(=NCc1ccc(F)cc1)NCCOCC. The van der Waals surface area contributed by atoms with Crippen LogP contribution in [0.4, 0.5) is 4.39 Å². The van der Waals surface area contributed by atoms with Crippen LogP contribution in [-0.4, -0.2) is 32.3 Å². The van der Waals surface area contributed by atoms with Crippen molar-refractivity contribution < 1.29 is 9.13 Å². The molecule has 19 heavy (non-hydrogen) atoms. The number of aliphatic imine (C=N–C) groups is 1. The molecule has 1 aromatic carbocycles. The molecule has 0 aromatic heterocycles. The van der Waals surface area contributed by atoms with E-state index >= 15 is 0 Å². The van der Waals surface area contributed by atoms with Crippen molar-refractivity contribution >= 4 is 5.96 Å². The van der Waals surface area contributed by atoms with Crippen LogP contribution < -0.4 is 10.6 Å². The predicted molar refractivity (Wildman–Crippen MR) is 75.7 cm³/mol. The van der Waals surface area contributed by atoms with Crippen LogP contribution in [0.2, 0.25) is 0 Å². The number of guanidine groups is 1. The minimum absolute atomic E-state index is 0.227. The highest BCUT2D eigenvalue weighted by Gasteiger charge is 1.97. The van der Waals surface area contributed by atoms with Gasteiger partial charge in [0.25, 0.3) is 0 Å². The van der Waals surface area contributed by atoms with Crippen molar-refractivity contribution in [3.8, 4) is 0 Å². The third-order valence-corrected chi connectivity index (χ3v) is 2.42. The molecule has 1 rings (SSSR count). The topological polar surface area (TPSA) is 45.7 Å². The highest BCUT2D eigenvalue weighted by atomic mass is 19.1. The average molecular weight is 267 g/mol. The van der Waals surface area contributed by atoms with Crippen molar-refractivity contribution in [2.24, 2.45) is 4.99 Å². The lowest BCUT2D eigenvalue weighted by Crippen LogP contribution is -2.39. The van der Waals surface area contributed by atoms with E-state index in [0.717, 1.165) is 18.1 Å². The summed E-state index contributed by atoms with van der Waals surface area (Å²) in [5, 5.41) is 6.33. The Morgan fingerprint density at radius 2 is 1.95 bits per heavy atom. The van der Waals surface area contributed by atoms with Crippen molar-refractivity contribution in [1.29, 1.82) is 0 Å². The molecule has 0 radical (unpaired) electrons. The number of nitrogens with one attached hydrogen (secondary N) is 2. The highest BCUT2D eigenvalue weighted by molar-refractivity contribution is 5.79. The van der Waals surface area contributed by atoms with Gasteiger partial charge in [0.1, 0.15) is 5.82 Å². The van der Waals surface area contributed by atoms with Gasteiger partial charge in [0, 0.05) is 19.7 Å². The highest BCUT2D eigenvalue weighted by Crippen LogP contribution is 2.03. The number of hydrogen-bond donors (Lipinski definition) is 2. The Kier molecular flexibility index (Phi) is 7.58. The summed E-state index contributed by atoms with van der Waals surface area (Å²) in [6.45, 7) is 7.37. The quantitative estimate of drug-likeness (QED) is 0.451. The maximum atomic E-state index is 12.8. The standard InChI is InChI=1S/C14H22FN3O/c1-3-16-14(17-9-10-19-4-2)18-11-12-5-7-13(15)8-6-12/h5-8H,3-4,9-11H2,1-2H3,(H2,16,17,18). The molecule has 0 heterocycles. The van der Waals surface area contributed by atoms with E-state index in [-0.39, 0.29) is 5.82 Å². The molecule has 0 bridgehead atoms. The van der Waals surface area contributed by atoms with Crippen molar-refractivity contribution in [2.75, 3.05) is 26.3 Å². The van der Waals surface area contributed by atoms with Gasteiger partial charge in [0.15, 0.2) is 5.96 Å². The Morgan fingerprint density at radius 1 is 1.21 bits per heavy atom. The summed E-state index contributed by atoms with van der Waals surface area (Å²) in [5.74, 6) is 0.515. The first-order chi connectivity index (χ1) is 9.26. The van der Waals surface area contributed by atoms with Crippen molar-refractivity contribution in [2.45, 2.75) is 20.4 Å². The molecule has 0 aliphatic rings. The van der Waals surface area contributed by atoms with Gasteiger partial charge in [-0.3, -0.25) is 0 Å². The molecule has 0 amide bonds. The fraction of sp³-hybridized carbons (Fsp3) is 0.500. The van der Waals surface area contributed by atoms with Crippen LogP contribution in [0.3, 0.4) is 0 Å². The molecule has 0 aliphatic carbocycles. The lowest BCUT2D eigenvalue weighted by molar-refractivity contribution is 0.152. The molecule has 5 heteroatoms. The van der Waals surface area contributed by atoms with Crippen LogP contribution in [0.15, 0.2) is 29.3 Å². The third kappa shape index (κ3) is 6.76. The molecule has 1 aromatic rings. The molecule has 0 atom stereocenters. The lowest BCUT2D eigenvalue weighted by atomic mass is 10.2. The third-order valence-electron chi connectivity index (χ3n) is 2.42. The van der Waals surface area contributed by atoms with Crippen LogP contribution in [0.5, 0.6) is 0 Å². The molecule has 4 nitrogen and oxygen atoms in total. The summed E-state index contributed by atoms with van der Waals surface area (Å²) in [4.78, 5) is 4.43. The Balaban J connectivity index is 2.45. The van der Waals surface area contributed by atoms with E-state index in [4.69, 9.17) is 4.74 Å². The van der Waals surface area contributed by atoms with Crippen LogP contribution >= 0.6 is 0 Å². The van der Waals surface area contributed by atoms with E-state index in [1.165, 1.54) is 12.1 Å². The molecule has 2 N–H and O–H groups in total. The summed E-state index contributed by atoms with van der Waals surface area (Å²) in [6, 6.07) is 6.37. The summed E-state index contributed by atoms with van der Waals surface area (Å²) < 4.78 is 18.0. The number of hydrogen-bond acceptors (Lipinski definition) is 2. The molecule has 0 spiro atoms. The fourth-order valence-corrected chi connectivity index (χ4v) is 1.49. The van der Waals surface area contributed by atoms with Gasteiger partial charge in [0.05, 0.1) is 13.2 Å². The van der Waals surface area contributed by atoms with Crippen LogP contribution in [0, 0.1) is 5.82 Å². The van der Waals surface area contributed by atoms with Gasteiger partial charge in [-0.1, -0.05) is 12.1 Å². The normalized spacial score (nSPS) is 11.4. The summed E-state index contributed by atoms with van der Waals surface area (Å²) >= 11 is 0. The Labute approximate surface area is 114 Å². The Hall–Kier alpha value is -1.62. The second-order valence-electron chi connectivity index (χ2n) is 3.95. The van der Waals surface area contributed by atoms with E-state index in [1.54, 1.807) is 12.1 Å². The number of benzene rings is 1. The number of rotatable bonds is 7. The summed E-state index contributed by atoms with van der Waals surface area (Å²) in [7, 11) is 0. The Bertz CT molecular complexity index is 379. The minimum Gasteiger partial charge on any atom is -0.380 e. The molecule has 0 saturated carbocycles. The molecular weight excluding hydrogens is 245 g/mol. The molecule has 0 fully saturated rings. The summed E-state index contributed by atoms with van der Waals surface area (Å²) in [6.07, 6.45) is 0. The van der Waals surface area contributed by atoms with Crippen molar-refractivity contribution in [1.82, 2.24) is 10.6 Å². The smallest absolute Gasteiger partial charge is 0.191 e. The van der Waals surface area contributed by atoms with Crippen LogP contribution in [-0.2, 0) is 11.3 Å². The first-order valence-corrected chi connectivity index (χ1v) is 6.60. The first kappa shape index (κ1) is 15.4. The minimum atomic E-state index is -0.227. The maximum absolute atomic E-state index is 12.8. The maximum Gasteiger partial charge on any atom is 0.191 e. The van der Waals surface area contributed by atoms with Crippen LogP contribution in [0.1, 0.15) is 19.4 Å². The zero-order valence-corrected chi connectivity index (χ0v) is 11.6. The van der Waals surface area contributed by atoms with Crippen molar-refractivity contribution in [3.05, 3.63) is 35.6 Å². The monoisotopic (exact) mass is 267 g/mol. The number of halogens is 1. The van der Waals surface area contributed by atoms with Gasteiger partial charge in [0.2, 0.25) is 0 Å². The predicted octanol–water partition coefficient (Wildman–Crippen LogP) is 1.92. The van der Waals surface area contributed by atoms with Crippen LogP contribution in [0.25, 0.3) is 0 Å². The van der Waals surface area contributed by atoms with E-state index in [9.17, 15) is 4.39 Å². The van der Waals surface area contributed by atoms with Gasteiger partial charge in [-0.05, 0) is 31.5 Å². The van der Waals surface area contributed by atoms with E-state index in [2.05, 4.69) is 15.6 Å². The fourth-order valence-electron chi connectivity index (χ4n) is 1.49. The van der Waals surface area contributed by atoms with Gasteiger partial charge in [-0.2, -0.15) is 0 Å². The summed E-state index contributed by atoms with van der Waals surface area (Å²) in [5.41, 5.74) is 0.975. The molecule has 0 unspecified atom stereocenters. The second kappa shape index (κ2) is 9.33. The lowest BCUT2D eigenvalue weighted by Gasteiger charge is -2.11. The van der Waals surface area contributed by atoms with E-state index < -0.39 is 0 Å². The largest absolute Gasteiger partial charge is 0.380 e. The van der Waals surface area contributed by atoms with Gasteiger partial charge >= 0.3 is 0 Å². The second-order valence-corrected chi connectivity index (χ2v) is 3.95. The van der Waals surface area contributed by atoms with Gasteiger partial charge in [-0.15, -0.1) is 0 Å². The van der Waals surface area contributed by atoms with E-state index in [0.29, 0.717) is 26.3 Å². The first-order valence-electron chi connectivity index (χ1n) is 6.60. The zero-order valence-electron chi connectivity index (χ0n) is 11.6.